The molecule has 2 saturated heterocycles. The largest absolute Gasteiger partial charge is 0.487 e. The van der Waals surface area contributed by atoms with Crippen LogP contribution >= 0.6 is 11.6 Å². The van der Waals surface area contributed by atoms with Gasteiger partial charge < -0.3 is 19.5 Å². The first-order valence-electron chi connectivity index (χ1n) is 15.4. The molecule has 4 aromatic rings. The SMILES string of the molecule is C[C@@H](Cn1cnnn1)Oc1cc(-c2cnc(Nc3cn(C4CCC(N5CC6(COC6)C5)CC4)nc3OCC(F)F)nc2)ccc1Cl. The van der Waals surface area contributed by atoms with E-state index < -0.39 is 13.0 Å². The highest BCUT2D eigenvalue weighted by Gasteiger charge is 2.50. The first-order valence-corrected chi connectivity index (χ1v) is 15.8. The Hall–Kier alpha value is -3.95. The van der Waals surface area contributed by atoms with E-state index in [9.17, 15) is 8.78 Å². The predicted octanol–water partition coefficient (Wildman–Crippen LogP) is 4.65. The monoisotopic (exact) mass is 656 g/mol. The summed E-state index contributed by atoms with van der Waals surface area (Å²) in [6.45, 7) is 5.61. The number of aromatic nitrogens is 8. The molecule has 5 heterocycles. The Morgan fingerprint density at radius 3 is 2.52 bits per heavy atom. The number of benzene rings is 1. The highest BCUT2D eigenvalue weighted by atomic mass is 35.5. The fraction of sp³-hybridized carbons (Fsp3) is 0.533. The molecule has 13 nitrogen and oxygen atoms in total. The summed E-state index contributed by atoms with van der Waals surface area (Å²) >= 11 is 6.40. The maximum absolute atomic E-state index is 13.1. The first-order chi connectivity index (χ1) is 22.3. The van der Waals surface area contributed by atoms with Gasteiger partial charge >= 0.3 is 0 Å². The Morgan fingerprint density at radius 1 is 1.09 bits per heavy atom. The third kappa shape index (κ3) is 6.76. The lowest BCUT2D eigenvalue weighted by molar-refractivity contribution is -0.200. The lowest BCUT2D eigenvalue weighted by Crippen LogP contribution is -2.68. The van der Waals surface area contributed by atoms with Gasteiger partial charge in [0.1, 0.15) is 23.9 Å². The van der Waals surface area contributed by atoms with Crippen LogP contribution in [0.5, 0.6) is 11.6 Å². The van der Waals surface area contributed by atoms with Crippen molar-refractivity contribution in [3.05, 3.63) is 48.1 Å². The van der Waals surface area contributed by atoms with Crippen molar-refractivity contribution in [2.45, 2.75) is 63.8 Å². The number of rotatable bonds is 12. The summed E-state index contributed by atoms with van der Waals surface area (Å²) in [7, 11) is 0. The standard InChI is InChI=1S/C30H35ClF2N10O3/c1-19(11-42-18-36-39-40-42)46-26-8-20(2-7-24(26)31)21-9-34-29(35-10-21)37-25-12-43(38-28(25)45-13-27(32)33)23-5-3-22(4-6-23)41-14-30(15-41)16-44-17-30/h2,7-10,12,18-19,22-23,27H,3-6,11,13-17H2,1H3,(H,34,35,37)/t19-,22?,23?/m0/s1. The molecule has 1 N–H and O–H groups in total. The van der Waals surface area contributed by atoms with Gasteiger partial charge in [-0.15, -0.1) is 10.2 Å². The summed E-state index contributed by atoms with van der Waals surface area (Å²) in [5.74, 6) is 0.882. The molecule has 16 heteroatoms. The molecule has 46 heavy (non-hydrogen) atoms. The molecule has 1 aliphatic carbocycles. The number of nitrogens with one attached hydrogen (secondary N) is 1. The molecule has 3 aliphatic rings. The van der Waals surface area contributed by atoms with Crippen molar-refractivity contribution in [2.24, 2.45) is 5.41 Å². The summed E-state index contributed by atoms with van der Waals surface area (Å²) in [4.78, 5) is 11.5. The minimum absolute atomic E-state index is 0.0973. The molecular weight excluding hydrogens is 622 g/mol. The zero-order chi connectivity index (χ0) is 31.7. The molecule has 2 aliphatic heterocycles. The van der Waals surface area contributed by atoms with Gasteiger partial charge in [-0.05, 0) is 60.7 Å². The highest BCUT2D eigenvalue weighted by molar-refractivity contribution is 6.32. The molecule has 0 bridgehead atoms. The maximum Gasteiger partial charge on any atom is 0.272 e. The molecule has 7 rings (SSSR count). The fourth-order valence-electron chi connectivity index (χ4n) is 6.45. The maximum atomic E-state index is 13.1. The number of tetrazole rings is 1. The number of ether oxygens (including phenoxy) is 3. The molecule has 3 aromatic heterocycles. The van der Waals surface area contributed by atoms with Gasteiger partial charge in [0, 0.05) is 42.5 Å². The molecule has 1 spiro atoms. The summed E-state index contributed by atoms with van der Waals surface area (Å²) in [6, 6.07) is 6.15. The van der Waals surface area contributed by atoms with Gasteiger partial charge in [0.25, 0.3) is 12.3 Å². The topological polar surface area (TPSA) is 130 Å². The molecule has 1 saturated carbocycles. The summed E-state index contributed by atoms with van der Waals surface area (Å²) < 4.78 is 46.4. The van der Waals surface area contributed by atoms with E-state index in [4.69, 9.17) is 25.8 Å². The van der Waals surface area contributed by atoms with Crippen LogP contribution in [0.15, 0.2) is 43.1 Å². The summed E-state index contributed by atoms with van der Waals surface area (Å²) in [5, 5.41) is 19.3. The number of halogens is 3. The van der Waals surface area contributed by atoms with Gasteiger partial charge in [-0.3, -0.25) is 9.58 Å². The number of hydrogen-bond acceptors (Lipinski definition) is 11. The van der Waals surface area contributed by atoms with Crippen molar-refractivity contribution in [2.75, 3.05) is 38.2 Å². The third-order valence-electron chi connectivity index (χ3n) is 8.82. The Morgan fingerprint density at radius 2 is 1.85 bits per heavy atom. The molecule has 244 valence electrons. The van der Waals surface area contributed by atoms with Crippen molar-refractivity contribution in [1.82, 2.24) is 44.9 Å². The van der Waals surface area contributed by atoms with E-state index in [1.165, 1.54) is 6.33 Å². The smallest absolute Gasteiger partial charge is 0.272 e. The van der Waals surface area contributed by atoms with Crippen molar-refractivity contribution >= 4 is 23.2 Å². The Bertz CT molecular complexity index is 1600. The minimum Gasteiger partial charge on any atom is -0.487 e. The molecular formula is C30H35ClF2N10O3. The average Bonchev–Trinajstić information content (AvgIpc) is 3.66. The van der Waals surface area contributed by atoms with Crippen molar-refractivity contribution in [3.8, 4) is 22.8 Å². The highest BCUT2D eigenvalue weighted by Crippen LogP contribution is 2.43. The van der Waals surface area contributed by atoms with Crippen LogP contribution in [-0.2, 0) is 11.3 Å². The third-order valence-corrected chi connectivity index (χ3v) is 9.13. The predicted molar refractivity (Wildman–Crippen MR) is 164 cm³/mol. The van der Waals surface area contributed by atoms with Gasteiger partial charge in [-0.25, -0.2) is 23.4 Å². The van der Waals surface area contributed by atoms with E-state index in [2.05, 4.69) is 40.8 Å². The Kier molecular flexibility index (Phi) is 8.70. The Labute approximate surface area is 269 Å². The van der Waals surface area contributed by atoms with Crippen molar-refractivity contribution in [1.29, 1.82) is 0 Å². The van der Waals surface area contributed by atoms with Gasteiger partial charge in [-0.1, -0.05) is 17.7 Å². The second-order valence-electron chi connectivity index (χ2n) is 12.4. The van der Waals surface area contributed by atoms with Crippen LogP contribution in [0.3, 0.4) is 0 Å². The number of likely N-dealkylation sites (tertiary alicyclic amines) is 1. The van der Waals surface area contributed by atoms with Gasteiger partial charge in [0.2, 0.25) is 5.95 Å². The molecule has 0 unspecified atom stereocenters. The molecule has 0 radical (unpaired) electrons. The van der Waals surface area contributed by atoms with E-state index in [0.29, 0.717) is 34.5 Å². The minimum atomic E-state index is -2.62. The van der Waals surface area contributed by atoms with Gasteiger partial charge in [0.05, 0.1) is 37.0 Å². The molecule has 1 aromatic carbocycles. The van der Waals surface area contributed by atoms with Crippen LogP contribution in [0, 0.1) is 5.41 Å². The van der Waals surface area contributed by atoms with Crippen LogP contribution < -0.4 is 14.8 Å². The lowest BCUT2D eigenvalue weighted by Gasteiger charge is -2.58. The number of alkyl halides is 2. The van der Waals surface area contributed by atoms with Crippen LogP contribution in [0.2, 0.25) is 5.02 Å². The summed E-state index contributed by atoms with van der Waals surface area (Å²) in [6.07, 6.45) is 7.81. The average molecular weight is 657 g/mol. The molecule has 3 fully saturated rings. The van der Waals surface area contributed by atoms with Crippen LogP contribution in [0.1, 0.15) is 38.6 Å². The van der Waals surface area contributed by atoms with Crippen molar-refractivity contribution < 1.29 is 23.0 Å². The molecule has 1 atom stereocenters. The van der Waals surface area contributed by atoms with E-state index in [1.54, 1.807) is 29.3 Å². The zero-order valence-electron chi connectivity index (χ0n) is 25.3. The first kappa shape index (κ1) is 30.7. The van der Waals surface area contributed by atoms with Gasteiger partial charge in [0.15, 0.2) is 6.61 Å². The van der Waals surface area contributed by atoms with Crippen LogP contribution in [0.4, 0.5) is 20.4 Å². The van der Waals surface area contributed by atoms with Crippen LogP contribution in [0.25, 0.3) is 11.1 Å². The van der Waals surface area contributed by atoms with E-state index in [1.807, 2.05) is 23.7 Å². The normalized spacial score (nSPS) is 21.5. The van der Waals surface area contributed by atoms with Crippen molar-refractivity contribution in [3.63, 3.8) is 0 Å². The quantitative estimate of drug-likeness (QED) is 0.229. The number of nitrogens with zero attached hydrogens (tertiary/aromatic N) is 9. The van der Waals surface area contributed by atoms with E-state index >= 15 is 0 Å². The second-order valence-corrected chi connectivity index (χ2v) is 12.8. The second kappa shape index (κ2) is 13.0. The number of hydrogen-bond donors (Lipinski definition) is 1. The lowest BCUT2D eigenvalue weighted by atomic mass is 9.75. The number of anilines is 2. The fourth-order valence-corrected chi connectivity index (χ4v) is 6.61. The molecule has 0 amide bonds. The summed E-state index contributed by atoms with van der Waals surface area (Å²) in [5.41, 5.74) is 2.38. The zero-order valence-corrected chi connectivity index (χ0v) is 26.1. The van der Waals surface area contributed by atoms with E-state index in [0.717, 1.165) is 63.1 Å². The van der Waals surface area contributed by atoms with E-state index in [-0.39, 0.29) is 24.0 Å². The Balaban J connectivity index is 1.00. The van der Waals surface area contributed by atoms with Gasteiger partial charge in [-0.2, -0.15) is 0 Å². The van der Waals surface area contributed by atoms with Crippen LogP contribution in [-0.4, -0.2) is 96.3 Å².